The van der Waals surface area contributed by atoms with Crippen molar-refractivity contribution in [1.29, 1.82) is 0 Å². The molecular formula is C15H20F2N2O4. The van der Waals surface area contributed by atoms with E-state index in [4.69, 9.17) is 9.84 Å². The van der Waals surface area contributed by atoms with Gasteiger partial charge in [0.2, 0.25) is 0 Å². The van der Waals surface area contributed by atoms with Crippen LogP contribution in [0.15, 0.2) is 12.1 Å². The van der Waals surface area contributed by atoms with Gasteiger partial charge in [-0.2, -0.15) is 0 Å². The van der Waals surface area contributed by atoms with Gasteiger partial charge in [-0.1, -0.05) is 0 Å². The summed E-state index contributed by atoms with van der Waals surface area (Å²) in [5, 5.41) is 13.1. The van der Waals surface area contributed by atoms with Crippen LogP contribution in [0.25, 0.3) is 0 Å². The second-order valence-corrected chi connectivity index (χ2v) is 5.86. The lowest BCUT2D eigenvalue weighted by Crippen LogP contribution is -2.30. The van der Waals surface area contributed by atoms with Crippen molar-refractivity contribution in [1.82, 2.24) is 5.32 Å². The van der Waals surface area contributed by atoms with Crippen LogP contribution in [0.4, 0.5) is 19.3 Å². The Balaban J connectivity index is 2.64. The lowest BCUT2D eigenvalue weighted by atomic mass is 10.2. The van der Waals surface area contributed by atoms with E-state index in [1.807, 2.05) is 0 Å². The Hall–Kier alpha value is -2.38. The molecular weight excluding hydrogens is 310 g/mol. The van der Waals surface area contributed by atoms with E-state index in [2.05, 4.69) is 10.6 Å². The van der Waals surface area contributed by atoms with Crippen LogP contribution in [0, 0.1) is 11.6 Å². The normalized spacial score (nSPS) is 11.0. The number of ether oxygens (including phenoxy) is 1. The van der Waals surface area contributed by atoms with Crippen molar-refractivity contribution >= 4 is 17.7 Å². The molecule has 0 unspecified atom stereocenters. The van der Waals surface area contributed by atoms with Crippen LogP contribution in [0.1, 0.15) is 33.6 Å². The number of benzene rings is 1. The maximum atomic E-state index is 13.9. The summed E-state index contributed by atoms with van der Waals surface area (Å²) in [5.74, 6) is -3.34. The predicted molar refractivity (Wildman–Crippen MR) is 80.6 cm³/mol. The first-order chi connectivity index (χ1) is 10.6. The molecule has 0 aromatic heterocycles. The van der Waals surface area contributed by atoms with Crippen molar-refractivity contribution in [3.63, 3.8) is 0 Å². The molecule has 0 bridgehead atoms. The lowest BCUT2D eigenvalue weighted by molar-refractivity contribution is -0.137. The number of halogens is 2. The highest BCUT2D eigenvalue weighted by Gasteiger charge is 2.20. The van der Waals surface area contributed by atoms with Gasteiger partial charge in [0, 0.05) is 30.8 Å². The third-order valence-electron chi connectivity index (χ3n) is 2.52. The molecule has 0 radical (unpaired) electrons. The topological polar surface area (TPSA) is 87.7 Å². The number of carboxylic acid groups (broad SMARTS) is 1. The number of carbonyl (C=O) groups is 2. The number of rotatable bonds is 6. The van der Waals surface area contributed by atoms with Crippen LogP contribution in [-0.4, -0.2) is 29.3 Å². The van der Waals surface area contributed by atoms with Crippen LogP contribution in [0.5, 0.6) is 5.75 Å². The number of carboxylic acids is 1. The zero-order chi connectivity index (χ0) is 17.6. The van der Waals surface area contributed by atoms with Gasteiger partial charge in [0.15, 0.2) is 17.4 Å². The Morgan fingerprint density at radius 2 is 1.78 bits per heavy atom. The number of urea groups is 1. The highest BCUT2D eigenvalue weighted by atomic mass is 19.1. The molecule has 3 N–H and O–H groups in total. The molecule has 23 heavy (non-hydrogen) atoms. The minimum absolute atomic E-state index is 0.0722. The quantitative estimate of drug-likeness (QED) is 0.699. The molecule has 0 aliphatic carbocycles. The molecule has 1 aromatic carbocycles. The fourth-order valence-corrected chi connectivity index (χ4v) is 1.65. The summed E-state index contributed by atoms with van der Waals surface area (Å²) in [6.45, 7) is 5.10. The average molecular weight is 330 g/mol. The van der Waals surface area contributed by atoms with Gasteiger partial charge in [-0.25, -0.2) is 13.6 Å². The summed E-state index contributed by atoms with van der Waals surface area (Å²) >= 11 is 0. The van der Waals surface area contributed by atoms with Crippen molar-refractivity contribution in [3.8, 4) is 5.75 Å². The molecule has 6 nitrogen and oxygen atoms in total. The number of nitrogens with one attached hydrogen (secondary N) is 2. The highest BCUT2D eigenvalue weighted by molar-refractivity contribution is 5.89. The van der Waals surface area contributed by atoms with Crippen LogP contribution in [0.3, 0.4) is 0 Å². The van der Waals surface area contributed by atoms with Gasteiger partial charge in [0.25, 0.3) is 0 Å². The van der Waals surface area contributed by atoms with Gasteiger partial charge in [-0.15, -0.1) is 0 Å². The average Bonchev–Trinajstić information content (AvgIpc) is 2.38. The summed E-state index contributed by atoms with van der Waals surface area (Å²) in [6.07, 6.45) is 0.173. The molecule has 0 aliphatic heterocycles. The van der Waals surface area contributed by atoms with Gasteiger partial charge in [-0.05, 0) is 27.2 Å². The maximum Gasteiger partial charge on any atom is 0.319 e. The van der Waals surface area contributed by atoms with Crippen molar-refractivity contribution in [2.75, 3.05) is 11.9 Å². The van der Waals surface area contributed by atoms with Gasteiger partial charge in [-0.3, -0.25) is 4.79 Å². The van der Waals surface area contributed by atoms with Crippen molar-refractivity contribution in [2.45, 2.75) is 39.2 Å². The zero-order valence-corrected chi connectivity index (χ0v) is 13.2. The molecule has 0 fully saturated rings. The van der Waals surface area contributed by atoms with Gasteiger partial charge in [0.05, 0.1) is 0 Å². The number of aliphatic carboxylic acids is 1. The second-order valence-electron chi connectivity index (χ2n) is 5.86. The van der Waals surface area contributed by atoms with Crippen LogP contribution < -0.4 is 15.4 Å². The Labute approximate surface area is 132 Å². The van der Waals surface area contributed by atoms with E-state index in [-0.39, 0.29) is 25.1 Å². The third kappa shape index (κ3) is 6.94. The predicted octanol–water partition coefficient (Wildman–Crippen LogP) is 3.13. The fraction of sp³-hybridized carbons (Fsp3) is 0.467. The van der Waals surface area contributed by atoms with Crippen molar-refractivity contribution < 1.29 is 28.2 Å². The van der Waals surface area contributed by atoms with E-state index in [1.54, 1.807) is 20.8 Å². The highest BCUT2D eigenvalue weighted by Crippen LogP contribution is 2.28. The Morgan fingerprint density at radius 1 is 1.22 bits per heavy atom. The number of carbonyl (C=O) groups excluding carboxylic acids is 1. The molecule has 0 aliphatic rings. The number of anilines is 1. The number of amides is 2. The molecule has 2 amide bonds. The summed E-state index contributed by atoms with van der Waals surface area (Å²) in [4.78, 5) is 21.9. The molecule has 8 heteroatoms. The van der Waals surface area contributed by atoms with Gasteiger partial charge < -0.3 is 20.5 Å². The number of hydrogen-bond donors (Lipinski definition) is 3. The largest absolute Gasteiger partial charge is 0.482 e. The van der Waals surface area contributed by atoms with Crippen molar-refractivity contribution in [3.05, 3.63) is 23.8 Å². The van der Waals surface area contributed by atoms with Crippen LogP contribution in [-0.2, 0) is 4.79 Å². The Morgan fingerprint density at radius 3 is 2.26 bits per heavy atom. The summed E-state index contributed by atoms with van der Waals surface area (Å²) in [6, 6.07) is 1.21. The second kappa shape index (κ2) is 7.75. The third-order valence-corrected chi connectivity index (χ3v) is 2.52. The number of hydrogen-bond acceptors (Lipinski definition) is 3. The SMILES string of the molecule is CC(C)(C)Oc1c(F)cc(NC(=O)NCCCC(=O)O)cc1F. The van der Waals surface area contributed by atoms with E-state index in [0.29, 0.717) is 0 Å². The van der Waals surface area contributed by atoms with E-state index in [1.165, 1.54) is 0 Å². The summed E-state index contributed by atoms with van der Waals surface area (Å²) in [7, 11) is 0. The molecule has 128 valence electrons. The van der Waals surface area contributed by atoms with E-state index >= 15 is 0 Å². The molecule has 0 atom stereocenters. The smallest absolute Gasteiger partial charge is 0.319 e. The lowest BCUT2D eigenvalue weighted by Gasteiger charge is -2.22. The molecule has 0 saturated carbocycles. The van der Waals surface area contributed by atoms with Crippen LogP contribution >= 0.6 is 0 Å². The van der Waals surface area contributed by atoms with Gasteiger partial charge >= 0.3 is 12.0 Å². The molecule has 0 spiro atoms. The Bertz CT molecular complexity index is 562. The molecule has 0 saturated heterocycles. The fourth-order valence-electron chi connectivity index (χ4n) is 1.65. The van der Waals surface area contributed by atoms with Gasteiger partial charge in [0.1, 0.15) is 5.60 Å². The van der Waals surface area contributed by atoms with E-state index in [0.717, 1.165) is 12.1 Å². The first kappa shape index (κ1) is 18.7. The summed E-state index contributed by atoms with van der Waals surface area (Å²) in [5.41, 5.74) is -0.838. The van der Waals surface area contributed by atoms with Crippen molar-refractivity contribution in [2.24, 2.45) is 0 Å². The van der Waals surface area contributed by atoms with E-state index in [9.17, 15) is 18.4 Å². The Kier molecular flexibility index (Phi) is 6.29. The monoisotopic (exact) mass is 330 g/mol. The van der Waals surface area contributed by atoms with E-state index < -0.39 is 35.0 Å². The first-order valence-corrected chi connectivity index (χ1v) is 7.03. The zero-order valence-electron chi connectivity index (χ0n) is 13.2. The molecule has 1 aromatic rings. The van der Waals surface area contributed by atoms with Crippen LogP contribution in [0.2, 0.25) is 0 Å². The minimum Gasteiger partial charge on any atom is -0.482 e. The summed E-state index contributed by atoms with van der Waals surface area (Å²) < 4.78 is 33.0. The minimum atomic E-state index is -0.967. The molecule has 0 heterocycles. The standard InChI is InChI=1S/C15H20F2N2O4/c1-15(2,3)23-13-10(16)7-9(8-11(13)17)19-14(22)18-6-4-5-12(20)21/h7-8H,4-6H2,1-3H3,(H,20,21)(H2,18,19,22). The first-order valence-electron chi connectivity index (χ1n) is 7.03. The maximum absolute atomic E-state index is 13.9. The molecule has 1 rings (SSSR count).